The number of carbonyl (C=O) groups is 3. The molecule has 154 valence electrons. The van der Waals surface area contributed by atoms with Gasteiger partial charge in [-0.1, -0.05) is 37.9 Å². The molecule has 0 saturated heterocycles. The first-order chi connectivity index (χ1) is 14.1. The van der Waals surface area contributed by atoms with E-state index in [0.29, 0.717) is 16.8 Å². The van der Waals surface area contributed by atoms with Gasteiger partial charge in [-0.2, -0.15) is 0 Å². The number of hydrogen-bond acceptors (Lipinski definition) is 5. The number of esters is 2. The number of anilines is 1. The Bertz CT molecular complexity index is 1050. The molecule has 0 aliphatic heterocycles. The lowest BCUT2D eigenvalue weighted by molar-refractivity contribution is -0.132. The average molecular weight is 405 g/mol. The molecule has 0 aromatic heterocycles. The summed E-state index contributed by atoms with van der Waals surface area (Å²) in [6.45, 7) is 15.4. The molecule has 0 saturated carbocycles. The zero-order valence-corrected chi connectivity index (χ0v) is 17.2. The van der Waals surface area contributed by atoms with E-state index in [-0.39, 0.29) is 28.6 Å². The summed E-state index contributed by atoms with van der Waals surface area (Å²) in [4.78, 5) is 35.6. The summed E-state index contributed by atoms with van der Waals surface area (Å²) >= 11 is 0. The smallest absolute Gasteiger partial charge is 0.338 e. The molecule has 0 unspecified atom stereocenters. The molecule has 0 atom stereocenters. The molecule has 6 nitrogen and oxygen atoms in total. The van der Waals surface area contributed by atoms with Crippen LogP contribution in [0.4, 0.5) is 5.69 Å². The lowest BCUT2D eigenvalue weighted by Gasteiger charge is -2.13. The van der Waals surface area contributed by atoms with E-state index in [1.54, 1.807) is 43.3 Å². The molecule has 0 spiro atoms. The molecule has 1 N–H and O–H groups in total. The highest BCUT2D eigenvalue weighted by Gasteiger charge is 2.16. The van der Waals surface area contributed by atoms with Crippen LogP contribution in [0.3, 0.4) is 0 Å². The molecule has 0 heterocycles. The van der Waals surface area contributed by atoms with Crippen LogP contribution in [0.5, 0.6) is 11.5 Å². The summed E-state index contributed by atoms with van der Waals surface area (Å²) in [5, 5.41) is 2.73. The fraction of sp³-hybridized carbons (Fsp3) is 0.125. The standard InChI is InChI=1S/C24H23NO5/c1-14(2)22(26)25-19-10-7-17(8-11-19)18-9-12-20(29-23(27)15(3)4)21(13-18)30-24(28)16(5)6/h7-13H,1,3,5H2,2,4,6H3,(H,25,26). The van der Waals surface area contributed by atoms with Crippen molar-refractivity contribution in [3.8, 4) is 22.6 Å². The third-order valence-corrected chi connectivity index (χ3v) is 3.91. The Balaban J connectivity index is 2.36. The van der Waals surface area contributed by atoms with Crippen LogP contribution >= 0.6 is 0 Å². The third-order valence-electron chi connectivity index (χ3n) is 3.91. The minimum Gasteiger partial charge on any atom is -0.419 e. The van der Waals surface area contributed by atoms with Crippen molar-refractivity contribution >= 4 is 23.5 Å². The molecule has 6 heteroatoms. The van der Waals surface area contributed by atoms with E-state index in [1.807, 2.05) is 0 Å². The minimum atomic E-state index is -0.641. The topological polar surface area (TPSA) is 81.7 Å². The van der Waals surface area contributed by atoms with Crippen LogP contribution in [0, 0.1) is 0 Å². The summed E-state index contributed by atoms with van der Waals surface area (Å²) < 4.78 is 10.6. The second-order valence-electron chi connectivity index (χ2n) is 6.81. The van der Waals surface area contributed by atoms with E-state index < -0.39 is 11.9 Å². The van der Waals surface area contributed by atoms with Gasteiger partial charge >= 0.3 is 11.9 Å². The van der Waals surface area contributed by atoms with Gasteiger partial charge in [-0.15, -0.1) is 0 Å². The van der Waals surface area contributed by atoms with Gasteiger partial charge in [0.05, 0.1) is 0 Å². The van der Waals surface area contributed by atoms with Crippen LogP contribution in [0.25, 0.3) is 11.1 Å². The SMILES string of the molecule is C=C(C)C(=O)Nc1ccc(-c2ccc(OC(=O)C(=C)C)c(OC(=O)C(=C)C)c2)cc1. The molecule has 0 aliphatic carbocycles. The maximum absolute atomic E-state index is 12.0. The molecule has 0 aliphatic rings. The van der Waals surface area contributed by atoms with Crippen molar-refractivity contribution in [3.05, 3.63) is 78.9 Å². The summed E-state index contributed by atoms with van der Waals surface area (Å²) in [5.41, 5.74) is 2.95. The maximum Gasteiger partial charge on any atom is 0.338 e. The molecule has 30 heavy (non-hydrogen) atoms. The van der Waals surface area contributed by atoms with Gasteiger partial charge in [0.1, 0.15) is 0 Å². The predicted octanol–water partition coefficient (Wildman–Crippen LogP) is 4.83. The number of nitrogens with one attached hydrogen (secondary N) is 1. The van der Waals surface area contributed by atoms with Crippen LogP contribution in [0.1, 0.15) is 20.8 Å². The summed E-state index contributed by atoms with van der Waals surface area (Å²) in [6, 6.07) is 11.9. The summed E-state index contributed by atoms with van der Waals surface area (Å²) in [5.74, 6) is -1.37. The Morgan fingerprint density at radius 2 is 1.20 bits per heavy atom. The molecular weight excluding hydrogens is 382 g/mol. The molecule has 0 radical (unpaired) electrons. The molecule has 1 amide bonds. The van der Waals surface area contributed by atoms with Gasteiger partial charge in [-0.05, 0) is 56.2 Å². The van der Waals surface area contributed by atoms with Gasteiger partial charge in [0, 0.05) is 22.4 Å². The first-order valence-corrected chi connectivity index (χ1v) is 9.05. The second kappa shape index (κ2) is 9.52. The second-order valence-corrected chi connectivity index (χ2v) is 6.81. The average Bonchev–Trinajstić information content (AvgIpc) is 2.69. The van der Waals surface area contributed by atoms with Crippen molar-refractivity contribution in [2.45, 2.75) is 20.8 Å². The fourth-order valence-electron chi connectivity index (χ4n) is 2.21. The lowest BCUT2D eigenvalue weighted by atomic mass is 10.0. The predicted molar refractivity (Wildman–Crippen MR) is 116 cm³/mol. The van der Waals surface area contributed by atoms with Crippen molar-refractivity contribution in [1.82, 2.24) is 0 Å². The van der Waals surface area contributed by atoms with Crippen LogP contribution in [0.15, 0.2) is 78.9 Å². The number of carbonyl (C=O) groups excluding carboxylic acids is 3. The van der Waals surface area contributed by atoms with Crippen molar-refractivity contribution in [3.63, 3.8) is 0 Å². The van der Waals surface area contributed by atoms with Gasteiger partial charge in [-0.3, -0.25) is 4.79 Å². The van der Waals surface area contributed by atoms with Gasteiger partial charge in [0.15, 0.2) is 11.5 Å². The number of rotatable bonds is 7. The fourth-order valence-corrected chi connectivity index (χ4v) is 2.21. The van der Waals surface area contributed by atoms with E-state index in [4.69, 9.17) is 9.47 Å². The van der Waals surface area contributed by atoms with Crippen LogP contribution < -0.4 is 14.8 Å². The highest BCUT2D eigenvalue weighted by atomic mass is 16.6. The Hall–Kier alpha value is -3.93. The normalized spacial score (nSPS) is 9.97. The molecule has 2 aromatic rings. The number of benzene rings is 2. The largest absolute Gasteiger partial charge is 0.419 e. The van der Waals surface area contributed by atoms with Crippen LogP contribution in [-0.4, -0.2) is 17.8 Å². The Morgan fingerprint density at radius 1 is 0.700 bits per heavy atom. The quantitative estimate of drug-likeness (QED) is 0.405. The van der Waals surface area contributed by atoms with Crippen molar-refractivity contribution in [2.75, 3.05) is 5.32 Å². The Morgan fingerprint density at radius 3 is 1.70 bits per heavy atom. The van der Waals surface area contributed by atoms with E-state index in [0.717, 1.165) is 5.56 Å². The molecular formula is C24H23NO5. The number of ether oxygens (including phenoxy) is 2. The Labute approximate surface area is 175 Å². The van der Waals surface area contributed by atoms with Crippen molar-refractivity contribution < 1.29 is 23.9 Å². The van der Waals surface area contributed by atoms with E-state index in [1.165, 1.54) is 19.9 Å². The summed E-state index contributed by atoms with van der Waals surface area (Å²) in [6.07, 6.45) is 0. The van der Waals surface area contributed by atoms with E-state index >= 15 is 0 Å². The van der Waals surface area contributed by atoms with Gasteiger partial charge in [0.2, 0.25) is 0 Å². The van der Waals surface area contributed by atoms with Gasteiger partial charge < -0.3 is 14.8 Å². The zero-order chi connectivity index (χ0) is 22.4. The lowest BCUT2D eigenvalue weighted by Crippen LogP contribution is -2.13. The number of hydrogen-bond donors (Lipinski definition) is 1. The highest BCUT2D eigenvalue weighted by Crippen LogP contribution is 2.34. The summed E-state index contributed by atoms with van der Waals surface area (Å²) in [7, 11) is 0. The van der Waals surface area contributed by atoms with E-state index in [2.05, 4.69) is 25.1 Å². The zero-order valence-electron chi connectivity index (χ0n) is 17.2. The molecule has 2 aromatic carbocycles. The minimum absolute atomic E-state index is 0.0785. The highest BCUT2D eigenvalue weighted by molar-refractivity contribution is 6.02. The third kappa shape index (κ3) is 5.78. The van der Waals surface area contributed by atoms with Crippen molar-refractivity contribution in [2.24, 2.45) is 0 Å². The Kier molecular flexibility index (Phi) is 7.09. The molecule has 2 rings (SSSR count). The molecule has 0 fully saturated rings. The van der Waals surface area contributed by atoms with E-state index in [9.17, 15) is 14.4 Å². The monoisotopic (exact) mass is 405 g/mol. The first kappa shape index (κ1) is 22.4. The van der Waals surface area contributed by atoms with Crippen LogP contribution in [0.2, 0.25) is 0 Å². The number of amides is 1. The van der Waals surface area contributed by atoms with Crippen molar-refractivity contribution in [1.29, 1.82) is 0 Å². The first-order valence-electron chi connectivity index (χ1n) is 9.05. The molecule has 0 bridgehead atoms. The van der Waals surface area contributed by atoms with Crippen LogP contribution in [-0.2, 0) is 14.4 Å². The van der Waals surface area contributed by atoms with Gasteiger partial charge in [-0.25, -0.2) is 9.59 Å². The van der Waals surface area contributed by atoms with Gasteiger partial charge in [0.25, 0.3) is 5.91 Å². The maximum atomic E-state index is 12.0.